The molecule has 0 spiro atoms. The van der Waals surface area contributed by atoms with Crippen LogP contribution in [0.25, 0.3) is 22.3 Å². The van der Waals surface area contributed by atoms with Gasteiger partial charge in [-0.2, -0.15) is 0 Å². The van der Waals surface area contributed by atoms with Gasteiger partial charge in [0.2, 0.25) is 0 Å². The number of halogens is 2. The summed E-state index contributed by atoms with van der Waals surface area (Å²) >= 11 is 0. The molecule has 0 bridgehead atoms. The van der Waals surface area contributed by atoms with Gasteiger partial charge in [-0.05, 0) is 84.3 Å². The average molecular weight is 451 g/mol. The van der Waals surface area contributed by atoms with Crippen molar-refractivity contribution in [1.82, 2.24) is 0 Å². The van der Waals surface area contributed by atoms with E-state index in [-0.39, 0.29) is 5.56 Å². The summed E-state index contributed by atoms with van der Waals surface area (Å²) < 4.78 is 29.7. The third kappa shape index (κ3) is 5.43. The van der Waals surface area contributed by atoms with Crippen molar-refractivity contribution in [2.24, 2.45) is 0 Å². The zero-order chi connectivity index (χ0) is 24.1. The summed E-state index contributed by atoms with van der Waals surface area (Å²) in [5, 5.41) is 0. The second-order valence-electron chi connectivity index (χ2n) is 8.76. The molecule has 0 saturated heterocycles. The number of unbranched alkanes of at least 4 members (excludes halogenated alkanes) is 1. The van der Waals surface area contributed by atoms with Crippen LogP contribution in [0.2, 0.25) is 0 Å². The maximum absolute atomic E-state index is 14.9. The smallest absolute Gasteiger partial charge is 0.139 e. The predicted octanol–water partition coefficient (Wildman–Crippen LogP) is 8.66. The van der Waals surface area contributed by atoms with E-state index in [9.17, 15) is 8.78 Å². The minimum absolute atomic E-state index is 0.254. The van der Waals surface area contributed by atoms with Gasteiger partial charge in [-0.1, -0.05) is 85.3 Å². The molecule has 0 aliphatic heterocycles. The van der Waals surface area contributed by atoms with E-state index < -0.39 is 11.6 Å². The van der Waals surface area contributed by atoms with E-state index in [1.807, 2.05) is 62.4 Å². The van der Waals surface area contributed by atoms with Crippen molar-refractivity contribution in [3.63, 3.8) is 0 Å². The van der Waals surface area contributed by atoms with Gasteiger partial charge >= 0.3 is 0 Å². The molecule has 0 amide bonds. The molecule has 0 unspecified atom stereocenters. The molecule has 0 atom stereocenters. The highest BCUT2D eigenvalue weighted by atomic mass is 19.1. The molecule has 0 aromatic heterocycles. The Labute approximate surface area is 201 Å². The summed E-state index contributed by atoms with van der Waals surface area (Å²) in [6.07, 6.45) is 3.38. The van der Waals surface area contributed by atoms with Crippen LogP contribution in [0.15, 0.2) is 78.9 Å². The van der Waals surface area contributed by atoms with Gasteiger partial charge in [0.15, 0.2) is 0 Å². The van der Waals surface area contributed by atoms with Crippen molar-refractivity contribution in [2.45, 2.75) is 40.0 Å². The fourth-order valence-corrected chi connectivity index (χ4v) is 3.99. The molecule has 0 aliphatic rings. The van der Waals surface area contributed by atoms with E-state index in [1.54, 1.807) is 6.07 Å². The summed E-state index contributed by atoms with van der Waals surface area (Å²) in [7, 11) is 0. The molecular formula is C32H28F2. The van der Waals surface area contributed by atoms with Gasteiger partial charge in [-0.15, -0.1) is 0 Å². The summed E-state index contributed by atoms with van der Waals surface area (Å²) in [6.45, 7) is 6.02. The lowest BCUT2D eigenvalue weighted by atomic mass is 9.98. The topological polar surface area (TPSA) is 0 Å². The van der Waals surface area contributed by atoms with Gasteiger partial charge in [-0.3, -0.25) is 0 Å². The molecule has 0 aliphatic carbocycles. The first kappa shape index (κ1) is 23.5. The van der Waals surface area contributed by atoms with Crippen LogP contribution in [-0.2, 0) is 6.42 Å². The van der Waals surface area contributed by atoms with Gasteiger partial charge in [0.25, 0.3) is 0 Å². The van der Waals surface area contributed by atoms with Crippen molar-refractivity contribution in [1.29, 1.82) is 0 Å². The first-order chi connectivity index (χ1) is 16.4. The standard InChI is InChI=1S/C32H28F2/c1-4-5-6-24-9-13-25(14-10-24)28-16-15-27(31(33)20-28)17-18-30-23(3)19-29(21-32(30)34)26-11-7-22(2)8-12-26/h7-16,19-21H,4-6H2,1-3H3. The molecule has 0 nitrogen and oxygen atoms in total. The molecule has 34 heavy (non-hydrogen) atoms. The molecule has 0 saturated carbocycles. The van der Waals surface area contributed by atoms with Crippen LogP contribution in [0.3, 0.4) is 0 Å². The summed E-state index contributed by atoms with van der Waals surface area (Å²) in [6, 6.07) is 24.6. The van der Waals surface area contributed by atoms with E-state index in [0.717, 1.165) is 52.6 Å². The third-order valence-electron chi connectivity index (χ3n) is 6.07. The summed E-state index contributed by atoms with van der Waals surface area (Å²) in [4.78, 5) is 0. The second kappa shape index (κ2) is 10.5. The van der Waals surface area contributed by atoms with Crippen LogP contribution in [-0.4, -0.2) is 0 Å². The van der Waals surface area contributed by atoms with Crippen LogP contribution >= 0.6 is 0 Å². The molecule has 0 fully saturated rings. The number of rotatable bonds is 5. The van der Waals surface area contributed by atoms with E-state index >= 15 is 0 Å². The van der Waals surface area contributed by atoms with E-state index in [0.29, 0.717) is 5.56 Å². The van der Waals surface area contributed by atoms with Crippen LogP contribution in [0.4, 0.5) is 8.78 Å². The van der Waals surface area contributed by atoms with Crippen LogP contribution in [0.1, 0.15) is 47.6 Å². The monoisotopic (exact) mass is 450 g/mol. The largest absolute Gasteiger partial charge is 0.206 e. The van der Waals surface area contributed by atoms with Crippen molar-refractivity contribution in [3.8, 4) is 34.1 Å². The molecule has 0 N–H and O–H groups in total. The zero-order valence-electron chi connectivity index (χ0n) is 19.9. The van der Waals surface area contributed by atoms with Gasteiger partial charge in [0.05, 0.1) is 11.1 Å². The first-order valence-corrected chi connectivity index (χ1v) is 11.7. The van der Waals surface area contributed by atoms with Crippen LogP contribution in [0, 0.1) is 37.3 Å². The van der Waals surface area contributed by atoms with Crippen LogP contribution in [0.5, 0.6) is 0 Å². The maximum Gasteiger partial charge on any atom is 0.139 e. The van der Waals surface area contributed by atoms with E-state index in [1.165, 1.54) is 17.7 Å². The molecule has 170 valence electrons. The summed E-state index contributed by atoms with van der Waals surface area (Å²) in [5.41, 5.74) is 7.24. The molecule has 0 heterocycles. The first-order valence-electron chi connectivity index (χ1n) is 11.7. The molecule has 4 aromatic rings. The number of benzene rings is 4. The van der Waals surface area contributed by atoms with Crippen molar-refractivity contribution in [2.75, 3.05) is 0 Å². The van der Waals surface area contributed by atoms with Crippen molar-refractivity contribution >= 4 is 0 Å². The third-order valence-corrected chi connectivity index (χ3v) is 6.07. The highest BCUT2D eigenvalue weighted by Crippen LogP contribution is 2.26. The van der Waals surface area contributed by atoms with Gasteiger partial charge in [0, 0.05) is 0 Å². The maximum atomic E-state index is 14.9. The van der Waals surface area contributed by atoms with Gasteiger partial charge in [0.1, 0.15) is 11.6 Å². The molecule has 0 radical (unpaired) electrons. The Bertz CT molecular complexity index is 1330. The lowest BCUT2D eigenvalue weighted by molar-refractivity contribution is 0.622. The molecule has 4 aromatic carbocycles. The number of hydrogen-bond donors (Lipinski definition) is 0. The lowest BCUT2D eigenvalue weighted by Gasteiger charge is -2.07. The Morgan fingerprint density at radius 3 is 1.91 bits per heavy atom. The molecular weight excluding hydrogens is 422 g/mol. The minimum atomic E-state index is -0.408. The fraction of sp³-hybridized carbons (Fsp3) is 0.188. The van der Waals surface area contributed by atoms with Gasteiger partial charge in [-0.25, -0.2) is 8.78 Å². The SMILES string of the molecule is CCCCc1ccc(-c2ccc(C#Cc3c(C)cc(-c4ccc(C)cc4)cc3F)c(F)c2)cc1. The normalized spacial score (nSPS) is 10.6. The number of hydrogen-bond acceptors (Lipinski definition) is 0. The Kier molecular flexibility index (Phi) is 7.24. The van der Waals surface area contributed by atoms with Gasteiger partial charge < -0.3 is 0 Å². The molecule has 4 rings (SSSR count). The van der Waals surface area contributed by atoms with E-state index in [4.69, 9.17) is 0 Å². The Morgan fingerprint density at radius 1 is 0.647 bits per heavy atom. The number of aryl methyl sites for hydroxylation is 3. The highest BCUT2D eigenvalue weighted by molar-refractivity contribution is 5.68. The Balaban J connectivity index is 1.56. The average Bonchev–Trinajstić information content (AvgIpc) is 2.83. The fourth-order valence-electron chi connectivity index (χ4n) is 3.99. The second-order valence-corrected chi connectivity index (χ2v) is 8.76. The van der Waals surface area contributed by atoms with E-state index in [2.05, 4.69) is 30.9 Å². The Morgan fingerprint density at radius 2 is 1.26 bits per heavy atom. The summed E-state index contributed by atoms with van der Waals surface area (Å²) in [5.74, 6) is 4.86. The zero-order valence-corrected chi connectivity index (χ0v) is 19.9. The lowest BCUT2D eigenvalue weighted by Crippen LogP contribution is -1.92. The van der Waals surface area contributed by atoms with Crippen molar-refractivity contribution in [3.05, 3.63) is 118 Å². The molecule has 2 heteroatoms. The quantitative estimate of drug-likeness (QED) is 0.267. The van der Waals surface area contributed by atoms with Crippen molar-refractivity contribution < 1.29 is 8.78 Å². The highest BCUT2D eigenvalue weighted by Gasteiger charge is 2.09. The predicted molar refractivity (Wildman–Crippen MR) is 138 cm³/mol. The Hall–Kier alpha value is -3.70. The minimum Gasteiger partial charge on any atom is -0.206 e. The van der Waals surface area contributed by atoms with Crippen LogP contribution < -0.4 is 0 Å².